The number of amides is 1. The van der Waals surface area contributed by atoms with Gasteiger partial charge >= 0.3 is 0 Å². The number of nitrogens with zero attached hydrogens (tertiary/aromatic N) is 2. The third kappa shape index (κ3) is 4.98. The summed E-state index contributed by atoms with van der Waals surface area (Å²) < 4.78 is 0. The van der Waals surface area contributed by atoms with Gasteiger partial charge in [-0.3, -0.25) is 9.69 Å². The molecule has 4 rings (SSSR count). The molecule has 1 N–H and O–H groups in total. The van der Waals surface area contributed by atoms with Crippen molar-refractivity contribution in [3.8, 4) is 22.4 Å². The van der Waals surface area contributed by atoms with Crippen LogP contribution in [0.1, 0.15) is 13.8 Å². The SMILES string of the molecule is CCN(CC)CC(=O)Nc1ccc(-c2cc(-c3ccccc3)c3cc(Cl)ccc3n2)cc1. The molecule has 3 aromatic carbocycles. The minimum absolute atomic E-state index is 0.00600. The molecule has 4 nitrogen and oxygen atoms in total. The maximum atomic E-state index is 12.3. The van der Waals surface area contributed by atoms with Crippen LogP contribution in [0.25, 0.3) is 33.3 Å². The molecule has 162 valence electrons. The highest BCUT2D eigenvalue weighted by molar-refractivity contribution is 6.31. The van der Waals surface area contributed by atoms with Gasteiger partial charge in [0.1, 0.15) is 0 Å². The highest BCUT2D eigenvalue weighted by atomic mass is 35.5. The van der Waals surface area contributed by atoms with Gasteiger partial charge in [0.05, 0.1) is 17.8 Å². The van der Waals surface area contributed by atoms with Crippen molar-refractivity contribution >= 4 is 34.1 Å². The van der Waals surface area contributed by atoms with Gasteiger partial charge in [-0.1, -0.05) is 67.9 Å². The van der Waals surface area contributed by atoms with Crippen LogP contribution in [0.3, 0.4) is 0 Å². The molecule has 5 heteroatoms. The number of benzene rings is 3. The molecule has 0 fully saturated rings. The number of halogens is 1. The predicted molar refractivity (Wildman–Crippen MR) is 134 cm³/mol. The third-order valence-electron chi connectivity index (χ3n) is 5.58. The molecule has 0 saturated heterocycles. The Labute approximate surface area is 193 Å². The highest BCUT2D eigenvalue weighted by Crippen LogP contribution is 2.33. The lowest BCUT2D eigenvalue weighted by Crippen LogP contribution is -2.32. The zero-order valence-corrected chi connectivity index (χ0v) is 19.1. The molecule has 0 bridgehead atoms. The monoisotopic (exact) mass is 443 g/mol. The van der Waals surface area contributed by atoms with Gasteiger partial charge in [-0.15, -0.1) is 0 Å². The van der Waals surface area contributed by atoms with Gasteiger partial charge in [-0.05, 0) is 60.6 Å². The first-order valence-electron chi connectivity index (χ1n) is 10.9. The molecule has 0 aliphatic rings. The average molecular weight is 444 g/mol. The van der Waals surface area contributed by atoms with Crippen LogP contribution >= 0.6 is 11.6 Å². The topological polar surface area (TPSA) is 45.2 Å². The Kier molecular flexibility index (Phi) is 6.84. The number of hydrogen-bond acceptors (Lipinski definition) is 3. The van der Waals surface area contributed by atoms with Crippen molar-refractivity contribution in [2.24, 2.45) is 0 Å². The summed E-state index contributed by atoms with van der Waals surface area (Å²) in [4.78, 5) is 19.3. The van der Waals surface area contributed by atoms with Gasteiger partial charge in [-0.2, -0.15) is 0 Å². The first-order valence-corrected chi connectivity index (χ1v) is 11.2. The Morgan fingerprint density at radius 2 is 1.62 bits per heavy atom. The van der Waals surface area contributed by atoms with E-state index >= 15 is 0 Å². The first kappa shape index (κ1) is 22.0. The Morgan fingerprint density at radius 3 is 2.31 bits per heavy atom. The molecule has 32 heavy (non-hydrogen) atoms. The normalized spacial score (nSPS) is 11.1. The molecule has 0 spiro atoms. The number of carbonyl (C=O) groups excluding carboxylic acids is 1. The number of hydrogen-bond donors (Lipinski definition) is 1. The molecular formula is C27H26ClN3O. The first-order chi connectivity index (χ1) is 15.6. The molecule has 1 heterocycles. The highest BCUT2D eigenvalue weighted by Gasteiger charge is 2.11. The van der Waals surface area contributed by atoms with Crippen molar-refractivity contribution in [2.45, 2.75) is 13.8 Å². The van der Waals surface area contributed by atoms with E-state index in [0.29, 0.717) is 11.6 Å². The van der Waals surface area contributed by atoms with E-state index in [1.807, 2.05) is 60.7 Å². The summed E-state index contributed by atoms with van der Waals surface area (Å²) in [7, 11) is 0. The van der Waals surface area contributed by atoms with Crippen LogP contribution in [-0.2, 0) is 4.79 Å². The van der Waals surface area contributed by atoms with Crippen molar-refractivity contribution in [1.29, 1.82) is 0 Å². The average Bonchev–Trinajstić information content (AvgIpc) is 2.83. The Morgan fingerprint density at radius 1 is 0.906 bits per heavy atom. The summed E-state index contributed by atoms with van der Waals surface area (Å²) in [5.41, 5.74) is 5.73. The van der Waals surface area contributed by atoms with E-state index in [-0.39, 0.29) is 5.91 Å². The molecule has 0 aliphatic carbocycles. The summed E-state index contributed by atoms with van der Waals surface area (Å²) in [5, 5.41) is 4.69. The lowest BCUT2D eigenvalue weighted by Gasteiger charge is -2.17. The second kappa shape index (κ2) is 9.94. The van der Waals surface area contributed by atoms with E-state index in [1.165, 1.54) is 0 Å². The lowest BCUT2D eigenvalue weighted by molar-refractivity contribution is -0.117. The van der Waals surface area contributed by atoms with Crippen LogP contribution < -0.4 is 5.32 Å². The number of nitrogens with one attached hydrogen (secondary N) is 1. The van der Waals surface area contributed by atoms with Crippen molar-refractivity contribution in [2.75, 3.05) is 25.0 Å². The smallest absolute Gasteiger partial charge is 0.238 e. The molecule has 1 aromatic heterocycles. The minimum Gasteiger partial charge on any atom is -0.325 e. The van der Waals surface area contributed by atoms with E-state index in [4.69, 9.17) is 16.6 Å². The van der Waals surface area contributed by atoms with Gasteiger partial charge in [0, 0.05) is 21.7 Å². The summed E-state index contributed by atoms with van der Waals surface area (Å²) >= 11 is 6.28. The number of carbonyl (C=O) groups is 1. The number of anilines is 1. The van der Waals surface area contributed by atoms with E-state index < -0.39 is 0 Å². The van der Waals surface area contributed by atoms with Crippen molar-refractivity contribution < 1.29 is 4.79 Å². The molecule has 0 saturated carbocycles. The zero-order valence-electron chi connectivity index (χ0n) is 18.3. The fourth-order valence-corrected chi connectivity index (χ4v) is 3.95. The molecule has 1 amide bonds. The Hall–Kier alpha value is -3.21. The van der Waals surface area contributed by atoms with Crippen LogP contribution in [0, 0.1) is 0 Å². The standard InChI is InChI=1S/C27H26ClN3O/c1-3-31(4-2)18-27(32)29-22-13-10-20(11-14-22)26-17-23(19-8-6-5-7-9-19)24-16-21(28)12-15-25(24)30-26/h5-17H,3-4,18H2,1-2H3,(H,29,32). The number of likely N-dealkylation sites (N-methyl/N-ethyl adjacent to an activating group) is 1. The zero-order chi connectivity index (χ0) is 22.5. The number of pyridine rings is 1. The Bertz CT molecular complexity index is 1220. The quantitative estimate of drug-likeness (QED) is 0.354. The van der Waals surface area contributed by atoms with Crippen molar-refractivity contribution in [1.82, 2.24) is 9.88 Å². The number of fused-ring (bicyclic) bond motifs is 1. The number of aromatic nitrogens is 1. The van der Waals surface area contributed by atoms with E-state index in [1.54, 1.807) is 0 Å². The Balaban J connectivity index is 1.65. The molecule has 0 atom stereocenters. The number of rotatable bonds is 7. The molecular weight excluding hydrogens is 418 g/mol. The lowest BCUT2D eigenvalue weighted by atomic mass is 9.98. The van der Waals surface area contributed by atoms with Gasteiger partial charge in [0.15, 0.2) is 0 Å². The fraction of sp³-hybridized carbons (Fsp3) is 0.185. The predicted octanol–water partition coefficient (Wildman–Crippen LogP) is 6.50. The summed E-state index contributed by atoms with van der Waals surface area (Å²) in [5.74, 6) is -0.00600. The van der Waals surface area contributed by atoms with Crippen LogP contribution in [0.15, 0.2) is 78.9 Å². The van der Waals surface area contributed by atoms with Gasteiger partial charge in [0.2, 0.25) is 5.91 Å². The molecule has 0 aliphatic heterocycles. The van der Waals surface area contributed by atoms with Crippen LogP contribution in [0.4, 0.5) is 5.69 Å². The maximum Gasteiger partial charge on any atom is 0.238 e. The van der Waals surface area contributed by atoms with Crippen molar-refractivity contribution in [3.05, 3.63) is 83.9 Å². The summed E-state index contributed by atoms with van der Waals surface area (Å²) in [6.07, 6.45) is 0. The van der Waals surface area contributed by atoms with E-state index in [2.05, 4.69) is 42.3 Å². The van der Waals surface area contributed by atoms with Gasteiger partial charge in [0.25, 0.3) is 0 Å². The third-order valence-corrected chi connectivity index (χ3v) is 5.82. The van der Waals surface area contributed by atoms with Gasteiger partial charge < -0.3 is 5.32 Å². The molecule has 0 unspecified atom stereocenters. The van der Waals surface area contributed by atoms with Gasteiger partial charge in [-0.25, -0.2) is 4.98 Å². The maximum absolute atomic E-state index is 12.3. The van der Waals surface area contributed by atoms with Crippen LogP contribution in [-0.4, -0.2) is 35.4 Å². The second-order valence-electron chi connectivity index (χ2n) is 7.67. The fourth-order valence-electron chi connectivity index (χ4n) is 3.78. The summed E-state index contributed by atoms with van der Waals surface area (Å²) in [6, 6.07) is 26.0. The van der Waals surface area contributed by atoms with E-state index in [0.717, 1.165) is 52.1 Å². The van der Waals surface area contributed by atoms with Crippen molar-refractivity contribution in [3.63, 3.8) is 0 Å². The largest absolute Gasteiger partial charge is 0.325 e. The van der Waals surface area contributed by atoms with Crippen LogP contribution in [0.2, 0.25) is 5.02 Å². The molecule has 4 aromatic rings. The summed E-state index contributed by atoms with van der Waals surface area (Å²) in [6.45, 7) is 6.21. The molecule has 0 radical (unpaired) electrons. The minimum atomic E-state index is -0.00600. The van der Waals surface area contributed by atoms with E-state index in [9.17, 15) is 4.79 Å². The second-order valence-corrected chi connectivity index (χ2v) is 8.11. The van der Waals surface area contributed by atoms with Crippen LogP contribution in [0.5, 0.6) is 0 Å².